The monoisotopic (exact) mass is 367 g/mol. The van der Waals surface area contributed by atoms with E-state index in [0.717, 1.165) is 31.2 Å². The fraction of sp³-hybridized carbons (Fsp3) is 0.300. The lowest BCUT2D eigenvalue weighted by molar-refractivity contribution is 0.486. The number of imidazole rings is 1. The molecule has 6 heteroatoms. The van der Waals surface area contributed by atoms with E-state index in [0.29, 0.717) is 6.54 Å². The molecule has 0 unspecified atom stereocenters. The number of rotatable bonds is 7. The first kappa shape index (κ1) is 18.2. The third kappa shape index (κ3) is 4.73. The van der Waals surface area contributed by atoms with Crippen LogP contribution < -0.4 is 5.32 Å². The van der Waals surface area contributed by atoms with Crippen LogP contribution in [0.5, 0.6) is 0 Å². The predicted molar refractivity (Wildman–Crippen MR) is 109 cm³/mol. The first-order valence-corrected chi connectivity index (χ1v) is 9.74. The zero-order valence-corrected chi connectivity index (χ0v) is 16.1. The molecule has 136 valence electrons. The highest BCUT2D eigenvalue weighted by Crippen LogP contribution is 2.15. The molecule has 0 aliphatic carbocycles. The van der Waals surface area contributed by atoms with Crippen molar-refractivity contribution >= 4 is 17.3 Å². The summed E-state index contributed by atoms with van der Waals surface area (Å²) in [6.45, 7) is 4.52. The molecule has 1 N–H and O–H groups in total. The van der Waals surface area contributed by atoms with Crippen LogP contribution >= 0.6 is 11.3 Å². The van der Waals surface area contributed by atoms with E-state index in [-0.39, 0.29) is 0 Å². The van der Waals surface area contributed by atoms with E-state index < -0.39 is 0 Å². The van der Waals surface area contributed by atoms with Gasteiger partial charge >= 0.3 is 0 Å². The molecule has 0 saturated carbocycles. The van der Waals surface area contributed by atoms with Gasteiger partial charge in [0.2, 0.25) is 0 Å². The molecule has 0 atom stereocenters. The molecule has 0 fully saturated rings. The van der Waals surface area contributed by atoms with E-state index in [2.05, 4.69) is 64.9 Å². The van der Waals surface area contributed by atoms with Crippen molar-refractivity contribution in [2.45, 2.75) is 19.9 Å². The normalized spacial score (nSPS) is 11.5. The molecule has 0 amide bonds. The van der Waals surface area contributed by atoms with Gasteiger partial charge in [-0.2, -0.15) is 0 Å². The van der Waals surface area contributed by atoms with Gasteiger partial charge in [-0.05, 0) is 36.4 Å². The van der Waals surface area contributed by atoms with Gasteiger partial charge in [0.15, 0.2) is 5.96 Å². The highest BCUT2D eigenvalue weighted by molar-refractivity contribution is 7.09. The minimum Gasteiger partial charge on any atom is -0.357 e. The number of nitrogens with zero attached hydrogens (tertiary/aromatic N) is 4. The molecule has 0 aliphatic rings. The van der Waals surface area contributed by atoms with Crippen molar-refractivity contribution in [1.29, 1.82) is 0 Å². The molecule has 2 heterocycles. The summed E-state index contributed by atoms with van der Waals surface area (Å²) < 4.78 is 2.03. The van der Waals surface area contributed by atoms with Gasteiger partial charge in [0.1, 0.15) is 0 Å². The Morgan fingerprint density at radius 2 is 2.15 bits per heavy atom. The van der Waals surface area contributed by atoms with Gasteiger partial charge in [-0.15, -0.1) is 11.3 Å². The molecule has 0 aliphatic heterocycles. The van der Waals surface area contributed by atoms with Crippen LogP contribution in [0.25, 0.3) is 5.69 Å². The Kier molecular flexibility index (Phi) is 6.44. The zero-order chi connectivity index (χ0) is 18.2. The average molecular weight is 368 g/mol. The van der Waals surface area contributed by atoms with Gasteiger partial charge in [0.05, 0.1) is 18.6 Å². The van der Waals surface area contributed by atoms with Crippen molar-refractivity contribution in [1.82, 2.24) is 19.8 Å². The second-order valence-electron chi connectivity index (χ2n) is 6.02. The smallest absolute Gasteiger partial charge is 0.193 e. The van der Waals surface area contributed by atoms with Crippen molar-refractivity contribution < 1.29 is 0 Å². The van der Waals surface area contributed by atoms with E-state index >= 15 is 0 Å². The molecule has 2 aromatic heterocycles. The van der Waals surface area contributed by atoms with Crippen LogP contribution in [0, 0.1) is 0 Å². The molecule has 3 rings (SSSR count). The van der Waals surface area contributed by atoms with E-state index in [1.807, 2.05) is 23.2 Å². The third-order valence-electron chi connectivity index (χ3n) is 4.14. The number of hydrogen-bond donors (Lipinski definition) is 1. The Morgan fingerprint density at radius 3 is 2.88 bits per heavy atom. The summed E-state index contributed by atoms with van der Waals surface area (Å²) in [7, 11) is 2.09. The Morgan fingerprint density at radius 1 is 1.27 bits per heavy atom. The maximum atomic E-state index is 4.86. The summed E-state index contributed by atoms with van der Waals surface area (Å²) in [5.41, 5.74) is 2.29. The maximum absolute atomic E-state index is 4.86. The van der Waals surface area contributed by atoms with Crippen LogP contribution in [-0.4, -0.2) is 40.5 Å². The molecule has 26 heavy (non-hydrogen) atoms. The lowest BCUT2D eigenvalue weighted by Crippen LogP contribution is -2.39. The van der Waals surface area contributed by atoms with Gasteiger partial charge in [-0.3, -0.25) is 0 Å². The molecule has 5 nitrogen and oxygen atoms in total. The third-order valence-corrected chi connectivity index (χ3v) is 5.08. The van der Waals surface area contributed by atoms with Crippen molar-refractivity contribution in [3.8, 4) is 5.69 Å². The Hall–Kier alpha value is -2.60. The van der Waals surface area contributed by atoms with Crippen molar-refractivity contribution in [3.63, 3.8) is 0 Å². The second-order valence-corrected chi connectivity index (χ2v) is 7.05. The molecule has 0 saturated heterocycles. The van der Waals surface area contributed by atoms with Gasteiger partial charge in [0, 0.05) is 37.4 Å². The van der Waals surface area contributed by atoms with Crippen LogP contribution in [-0.2, 0) is 13.0 Å². The summed E-state index contributed by atoms with van der Waals surface area (Å²) in [5.74, 6) is 0.935. The number of hydrogen-bond acceptors (Lipinski definition) is 3. The quantitative estimate of drug-likeness (QED) is 0.513. The van der Waals surface area contributed by atoms with Crippen LogP contribution in [0.4, 0.5) is 0 Å². The zero-order valence-electron chi connectivity index (χ0n) is 15.3. The molecule has 3 aromatic rings. The summed E-state index contributed by atoms with van der Waals surface area (Å²) in [4.78, 5) is 12.6. The average Bonchev–Trinajstić information content (AvgIpc) is 3.37. The topological polar surface area (TPSA) is 45.5 Å². The summed E-state index contributed by atoms with van der Waals surface area (Å²) in [6.07, 6.45) is 6.61. The molecule has 0 spiro atoms. The molecule has 0 radical (unpaired) electrons. The van der Waals surface area contributed by atoms with Crippen molar-refractivity contribution in [3.05, 3.63) is 70.9 Å². The minimum atomic E-state index is 0.625. The lowest BCUT2D eigenvalue weighted by atomic mass is 10.2. The molecule has 0 bridgehead atoms. The number of aromatic nitrogens is 2. The van der Waals surface area contributed by atoms with E-state index in [1.54, 1.807) is 17.5 Å². The Bertz CT molecular complexity index is 809. The predicted octanol–water partition coefficient (Wildman–Crippen LogP) is 3.57. The molecular formula is C20H25N5S. The number of nitrogens with one attached hydrogen (secondary N) is 1. The van der Waals surface area contributed by atoms with Gasteiger partial charge in [0.25, 0.3) is 0 Å². The first-order valence-electron chi connectivity index (χ1n) is 8.86. The second kappa shape index (κ2) is 9.20. The number of likely N-dealkylation sites (N-methyl/N-ethyl adjacent to an activating group) is 1. The number of guanidine groups is 1. The number of thiophene rings is 1. The first-order chi connectivity index (χ1) is 12.8. The fourth-order valence-electron chi connectivity index (χ4n) is 2.77. The number of benzene rings is 1. The Balaban J connectivity index is 1.71. The molecular weight excluding hydrogens is 342 g/mol. The van der Waals surface area contributed by atoms with Gasteiger partial charge in [-0.25, -0.2) is 9.98 Å². The van der Waals surface area contributed by atoms with Crippen LogP contribution in [0.2, 0.25) is 0 Å². The van der Waals surface area contributed by atoms with E-state index in [1.165, 1.54) is 10.4 Å². The maximum Gasteiger partial charge on any atom is 0.193 e. The SMILES string of the molecule is CCNC(=NCc1ccccc1-n1ccnc1)N(C)CCc1cccs1. The Labute approximate surface area is 159 Å². The fourth-order valence-corrected chi connectivity index (χ4v) is 3.46. The summed E-state index contributed by atoms with van der Waals surface area (Å²) in [6, 6.07) is 12.6. The van der Waals surface area contributed by atoms with Crippen molar-refractivity contribution in [2.24, 2.45) is 4.99 Å². The van der Waals surface area contributed by atoms with Crippen molar-refractivity contribution in [2.75, 3.05) is 20.1 Å². The minimum absolute atomic E-state index is 0.625. The van der Waals surface area contributed by atoms with Gasteiger partial charge in [-0.1, -0.05) is 24.3 Å². The van der Waals surface area contributed by atoms with Gasteiger partial charge < -0.3 is 14.8 Å². The summed E-state index contributed by atoms with van der Waals surface area (Å²) >= 11 is 1.81. The highest BCUT2D eigenvalue weighted by Gasteiger charge is 2.08. The lowest BCUT2D eigenvalue weighted by Gasteiger charge is -2.22. The number of aliphatic imine (C=N–C) groups is 1. The van der Waals surface area contributed by atoms with E-state index in [4.69, 9.17) is 4.99 Å². The van der Waals surface area contributed by atoms with E-state index in [9.17, 15) is 0 Å². The number of para-hydroxylation sites is 1. The van der Waals surface area contributed by atoms with Crippen LogP contribution in [0.1, 0.15) is 17.4 Å². The molecule has 1 aromatic carbocycles. The van der Waals surface area contributed by atoms with Crippen LogP contribution in [0.3, 0.4) is 0 Å². The largest absolute Gasteiger partial charge is 0.357 e. The van der Waals surface area contributed by atoms with Crippen LogP contribution in [0.15, 0.2) is 65.5 Å². The summed E-state index contributed by atoms with van der Waals surface area (Å²) in [5, 5.41) is 5.52. The standard InChI is InChI=1S/C20H25N5S/c1-3-22-20(24(2)12-10-18-8-6-14-26-18)23-15-17-7-4-5-9-19(17)25-13-11-21-16-25/h4-9,11,13-14,16H,3,10,12,15H2,1-2H3,(H,22,23). The highest BCUT2D eigenvalue weighted by atomic mass is 32.1.